The average Bonchev–Trinajstić information content (AvgIpc) is 2.58. The smallest absolute Gasteiger partial charge is 0.123 e. The molecule has 2 rings (SSSR count). The molecule has 6 heteroatoms. The Balaban J connectivity index is 1.72. The van der Waals surface area contributed by atoms with Crippen LogP contribution in [0.3, 0.4) is 0 Å². The third kappa shape index (κ3) is 6.01. The van der Waals surface area contributed by atoms with Crippen LogP contribution in [-0.4, -0.2) is 32.1 Å². The van der Waals surface area contributed by atoms with Crippen molar-refractivity contribution in [3.63, 3.8) is 0 Å². The van der Waals surface area contributed by atoms with Crippen molar-refractivity contribution in [1.29, 1.82) is 5.41 Å². The molecule has 1 atom stereocenters. The summed E-state index contributed by atoms with van der Waals surface area (Å²) in [6.45, 7) is 2.88. The Bertz CT molecular complexity index is 679. The van der Waals surface area contributed by atoms with Crippen molar-refractivity contribution in [1.82, 2.24) is 5.32 Å². The first-order valence-corrected chi connectivity index (χ1v) is 8.06. The maximum Gasteiger partial charge on any atom is 0.123 e. The van der Waals surface area contributed by atoms with Crippen LogP contribution in [0.5, 0.6) is 11.5 Å². The van der Waals surface area contributed by atoms with Crippen LogP contribution in [0.1, 0.15) is 6.92 Å². The van der Waals surface area contributed by atoms with Crippen LogP contribution >= 0.6 is 11.6 Å². The lowest BCUT2D eigenvalue weighted by molar-refractivity contribution is 0.223. The van der Waals surface area contributed by atoms with Gasteiger partial charge in [-0.1, -0.05) is 23.7 Å². The van der Waals surface area contributed by atoms with E-state index in [4.69, 9.17) is 26.5 Å². The van der Waals surface area contributed by atoms with Crippen molar-refractivity contribution >= 4 is 23.1 Å². The molecule has 0 radical (unpaired) electrons. The highest BCUT2D eigenvalue weighted by Crippen LogP contribution is 2.19. The van der Waals surface area contributed by atoms with Gasteiger partial charge in [-0.2, -0.15) is 0 Å². The summed E-state index contributed by atoms with van der Waals surface area (Å²) in [6.07, 6.45) is -0.0800. The van der Waals surface area contributed by atoms with Crippen LogP contribution in [0.4, 0.5) is 5.69 Å². The third-order valence-electron chi connectivity index (χ3n) is 3.28. The molecule has 0 amide bonds. The summed E-state index contributed by atoms with van der Waals surface area (Å²) in [7, 11) is 1.62. The fraction of sp³-hybridized carbons (Fsp3) is 0.278. The Labute approximate surface area is 147 Å². The molecule has 128 valence electrons. The number of anilines is 1. The molecule has 5 nitrogen and oxygen atoms in total. The largest absolute Gasteiger partial charge is 0.497 e. The van der Waals surface area contributed by atoms with Crippen LogP contribution in [0.25, 0.3) is 0 Å². The molecule has 0 heterocycles. The van der Waals surface area contributed by atoms with Crippen molar-refractivity contribution in [3.05, 3.63) is 53.6 Å². The number of hydrogen-bond acceptors (Lipinski definition) is 4. The number of hydrogen-bond donors (Lipinski definition) is 3. The number of nitrogens with one attached hydrogen (secondary N) is 3. The molecule has 0 aliphatic carbocycles. The zero-order valence-corrected chi connectivity index (χ0v) is 14.6. The van der Waals surface area contributed by atoms with Crippen LogP contribution in [0.2, 0.25) is 5.02 Å². The van der Waals surface area contributed by atoms with E-state index in [1.165, 1.54) is 0 Å². The minimum Gasteiger partial charge on any atom is -0.497 e. The number of halogens is 1. The van der Waals surface area contributed by atoms with Gasteiger partial charge in [-0.3, -0.25) is 5.41 Å². The van der Waals surface area contributed by atoms with Gasteiger partial charge in [-0.15, -0.1) is 0 Å². The van der Waals surface area contributed by atoms with E-state index in [0.717, 1.165) is 17.2 Å². The summed E-state index contributed by atoms with van der Waals surface area (Å²) >= 11 is 5.93. The maximum absolute atomic E-state index is 7.95. The van der Waals surface area contributed by atoms with E-state index in [1.807, 2.05) is 55.5 Å². The van der Waals surface area contributed by atoms with Crippen molar-refractivity contribution in [3.8, 4) is 11.5 Å². The summed E-state index contributed by atoms with van der Waals surface area (Å²) in [5.74, 6) is 1.88. The first kappa shape index (κ1) is 17.9. The number of methoxy groups -OCH3 is 1. The normalized spacial score (nSPS) is 11.5. The second-order valence-corrected chi connectivity index (χ2v) is 5.77. The number of amidine groups is 1. The first-order valence-electron chi connectivity index (χ1n) is 7.68. The molecule has 0 fully saturated rings. The van der Waals surface area contributed by atoms with Gasteiger partial charge in [-0.25, -0.2) is 0 Å². The quantitative estimate of drug-likeness (QED) is 0.502. The molecule has 3 N–H and O–H groups in total. The second kappa shape index (κ2) is 9.03. The zero-order valence-electron chi connectivity index (χ0n) is 13.8. The molecular weight excluding hydrogens is 326 g/mol. The Morgan fingerprint density at radius 2 is 1.92 bits per heavy atom. The van der Waals surface area contributed by atoms with E-state index >= 15 is 0 Å². The molecule has 0 bridgehead atoms. The van der Waals surface area contributed by atoms with Gasteiger partial charge in [0.05, 0.1) is 20.2 Å². The second-order valence-electron chi connectivity index (χ2n) is 5.33. The standard InChI is InChI=1S/C18H22ClN3O2/c1-13(24-17-8-4-7-16(10-17)23-2)11-22-18(20)12-21-15-6-3-5-14(19)9-15/h3-10,13,21H,11-12H2,1-2H3,(H2,20,22). The minimum atomic E-state index is -0.0800. The number of ether oxygens (including phenoxy) is 2. The predicted octanol–water partition coefficient (Wildman–Crippen LogP) is 3.79. The van der Waals surface area contributed by atoms with E-state index in [2.05, 4.69) is 10.6 Å². The lowest BCUT2D eigenvalue weighted by atomic mass is 10.3. The molecule has 0 saturated carbocycles. The molecular formula is C18H22ClN3O2. The van der Waals surface area contributed by atoms with Crippen LogP contribution < -0.4 is 20.1 Å². The molecule has 0 aliphatic rings. The van der Waals surface area contributed by atoms with E-state index in [-0.39, 0.29) is 6.10 Å². The maximum atomic E-state index is 7.95. The molecule has 0 spiro atoms. The van der Waals surface area contributed by atoms with E-state index in [1.54, 1.807) is 7.11 Å². The Hall–Kier alpha value is -2.40. The third-order valence-corrected chi connectivity index (χ3v) is 3.51. The Morgan fingerprint density at radius 1 is 1.17 bits per heavy atom. The topological polar surface area (TPSA) is 66.4 Å². The minimum absolute atomic E-state index is 0.0800. The predicted molar refractivity (Wildman–Crippen MR) is 98.8 cm³/mol. The van der Waals surface area contributed by atoms with Gasteiger partial charge in [0.2, 0.25) is 0 Å². The molecule has 0 saturated heterocycles. The molecule has 0 aliphatic heterocycles. The highest BCUT2D eigenvalue weighted by molar-refractivity contribution is 6.30. The van der Waals surface area contributed by atoms with Crippen molar-refractivity contribution in [2.75, 3.05) is 25.5 Å². The van der Waals surface area contributed by atoms with Gasteiger partial charge < -0.3 is 20.1 Å². The van der Waals surface area contributed by atoms with Gasteiger partial charge in [0.15, 0.2) is 0 Å². The van der Waals surface area contributed by atoms with Crippen molar-refractivity contribution < 1.29 is 9.47 Å². The molecule has 1 unspecified atom stereocenters. The summed E-state index contributed by atoms with van der Waals surface area (Å²) in [4.78, 5) is 0. The van der Waals surface area contributed by atoms with Gasteiger partial charge in [0, 0.05) is 16.8 Å². The van der Waals surface area contributed by atoms with Crippen molar-refractivity contribution in [2.24, 2.45) is 0 Å². The highest BCUT2D eigenvalue weighted by Gasteiger charge is 2.06. The summed E-state index contributed by atoms with van der Waals surface area (Å²) in [5.41, 5.74) is 0.884. The molecule has 2 aromatic carbocycles. The van der Waals surface area contributed by atoms with Crippen LogP contribution in [0.15, 0.2) is 48.5 Å². The molecule has 0 aromatic heterocycles. The molecule has 24 heavy (non-hydrogen) atoms. The monoisotopic (exact) mass is 347 g/mol. The highest BCUT2D eigenvalue weighted by atomic mass is 35.5. The van der Waals surface area contributed by atoms with E-state index in [9.17, 15) is 0 Å². The van der Waals surface area contributed by atoms with Gasteiger partial charge >= 0.3 is 0 Å². The van der Waals surface area contributed by atoms with Gasteiger partial charge in [0.25, 0.3) is 0 Å². The van der Waals surface area contributed by atoms with Crippen LogP contribution in [-0.2, 0) is 0 Å². The lowest BCUT2D eigenvalue weighted by Gasteiger charge is -2.17. The van der Waals surface area contributed by atoms with Crippen molar-refractivity contribution in [2.45, 2.75) is 13.0 Å². The number of rotatable bonds is 8. The van der Waals surface area contributed by atoms with E-state index in [0.29, 0.717) is 23.9 Å². The Morgan fingerprint density at radius 3 is 2.67 bits per heavy atom. The van der Waals surface area contributed by atoms with E-state index < -0.39 is 0 Å². The fourth-order valence-electron chi connectivity index (χ4n) is 2.07. The lowest BCUT2D eigenvalue weighted by Crippen LogP contribution is -2.36. The molecule has 2 aromatic rings. The fourth-order valence-corrected chi connectivity index (χ4v) is 2.26. The summed E-state index contributed by atoms with van der Waals surface area (Å²) in [6, 6.07) is 14.9. The first-order chi connectivity index (χ1) is 11.6. The van der Waals surface area contributed by atoms with Gasteiger partial charge in [-0.05, 0) is 37.3 Å². The van der Waals surface area contributed by atoms with Crippen LogP contribution in [0, 0.1) is 5.41 Å². The SMILES string of the molecule is COc1cccc(OC(C)CNC(=N)CNc2cccc(Cl)c2)c1. The average molecular weight is 348 g/mol. The van der Waals surface area contributed by atoms with Gasteiger partial charge in [0.1, 0.15) is 23.4 Å². The number of benzene rings is 2. The summed E-state index contributed by atoms with van der Waals surface area (Å²) in [5, 5.41) is 14.8. The zero-order chi connectivity index (χ0) is 17.4. The Kier molecular flexibility index (Phi) is 6.75. The summed E-state index contributed by atoms with van der Waals surface area (Å²) < 4.78 is 11.0.